The minimum atomic E-state index is 0.446. The van der Waals surface area contributed by atoms with Gasteiger partial charge in [-0.15, -0.1) is 15.3 Å². The molecule has 0 bridgehead atoms. The van der Waals surface area contributed by atoms with Crippen molar-refractivity contribution in [3.8, 4) is 0 Å². The molecule has 22 heavy (non-hydrogen) atoms. The first-order chi connectivity index (χ1) is 10.8. The van der Waals surface area contributed by atoms with Gasteiger partial charge in [0, 0.05) is 24.8 Å². The van der Waals surface area contributed by atoms with E-state index >= 15 is 0 Å². The zero-order valence-corrected chi connectivity index (χ0v) is 12.5. The summed E-state index contributed by atoms with van der Waals surface area (Å²) < 4.78 is 1.80. The lowest BCUT2D eigenvalue weighted by Gasteiger charge is -2.18. The molecule has 0 saturated carbocycles. The highest BCUT2D eigenvalue weighted by molar-refractivity contribution is 5.49. The van der Waals surface area contributed by atoms with Crippen LogP contribution in [0.3, 0.4) is 0 Å². The minimum absolute atomic E-state index is 0.446. The van der Waals surface area contributed by atoms with Crippen LogP contribution in [0.25, 0.3) is 5.65 Å². The summed E-state index contributed by atoms with van der Waals surface area (Å²) in [6.07, 6.45) is 1.11. The molecule has 1 aromatic carbocycles. The van der Waals surface area contributed by atoms with Gasteiger partial charge in [0.2, 0.25) is 0 Å². The second-order valence-corrected chi connectivity index (χ2v) is 5.65. The molecule has 3 heterocycles. The predicted octanol–water partition coefficient (Wildman–Crippen LogP) is 2.12. The molecule has 112 valence electrons. The Kier molecular flexibility index (Phi) is 3.14. The summed E-state index contributed by atoms with van der Waals surface area (Å²) >= 11 is 0. The second-order valence-electron chi connectivity index (χ2n) is 5.65. The molecular weight excluding hydrogens is 276 g/mol. The number of aryl methyl sites for hydroxylation is 1. The minimum Gasteiger partial charge on any atom is -0.380 e. The van der Waals surface area contributed by atoms with Crippen molar-refractivity contribution in [2.45, 2.75) is 19.4 Å². The van der Waals surface area contributed by atoms with Gasteiger partial charge in [0.25, 0.3) is 0 Å². The maximum Gasteiger partial charge on any atom is 0.178 e. The van der Waals surface area contributed by atoms with Gasteiger partial charge in [-0.05, 0) is 37.6 Å². The molecular formula is C16H18N6. The van der Waals surface area contributed by atoms with Crippen LogP contribution in [0.1, 0.15) is 12.2 Å². The summed E-state index contributed by atoms with van der Waals surface area (Å²) in [5, 5.41) is 16.4. The highest BCUT2D eigenvalue weighted by Gasteiger charge is 2.23. The summed E-state index contributed by atoms with van der Waals surface area (Å²) in [5.74, 6) is 1.79. The van der Waals surface area contributed by atoms with Crippen molar-refractivity contribution in [2.75, 3.05) is 23.3 Å². The van der Waals surface area contributed by atoms with Gasteiger partial charge in [-0.1, -0.05) is 18.2 Å². The molecule has 1 fully saturated rings. The number of rotatable bonds is 3. The van der Waals surface area contributed by atoms with Gasteiger partial charge >= 0.3 is 0 Å². The van der Waals surface area contributed by atoms with Gasteiger partial charge in [0.15, 0.2) is 11.5 Å². The van der Waals surface area contributed by atoms with E-state index in [4.69, 9.17) is 0 Å². The van der Waals surface area contributed by atoms with Crippen LogP contribution >= 0.6 is 0 Å². The monoisotopic (exact) mass is 294 g/mol. The van der Waals surface area contributed by atoms with E-state index in [0.29, 0.717) is 6.04 Å². The first-order valence-electron chi connectivity index (χ1n) is 7.55. The van der Waals surface area contributed by atoms with E-state index in [-0.39, 0.29) is 0 Å². The van der Waals surface area contributed by atoms with Crippen molar-refractivity contribution in [1.82, 2.24) is 19.8 Å². The van der Waals surface area contributed by atoms with Gasteiger partial charge in [-0.3, -0.25) is 0 Å². The quantitative estimate of drug-likeness (QED) is 0.802. The third-order valence-corrected chi connectivity index (χ3v) is 4.06. The topological polar surface area (TPSA) is 58.4 Å². The van der Waals surface area contributed by atoms with Crippen LogP contribution in [0.5, 0.6) is 0 Å². The van der Waals surface area contributed by atoms with Crippen molar-refractivity contribution >= 4 is 17.2 Å². The Balaban J connectivity index is 1.50. The molecule has 0 spiro atoms. The Labute approximate surface area is 128 Å². The molecule has 2 aromatic heterocycles. The summed E-state index contributed by atoms with van der Waals surface area (Å²) in [6.45, 7) is 3.87. The fraction of sp³-hybridized carbons (Fsp3) is 0.312. The number of anilines is 2. The van der Waals surface area contributed by atoms with Gasteiger partial charge in [0.05, 0.1) is 0 Å². The SMILES string of the molecule is Cc1nnc2ccc(N3CCC(Nc4ccccc4)C3)nn12. The molecule has 0 amide bonds. The van der Waals surface area contributed by atoms with Crippen molar-refractivity contribution in [3.05, 3.63) is 48.3 Å². The van der Waals surface area contributed by atoms with E-state index in [1.807, 2.05) is 25.1 Å². The molecule has 1 N–H and O–H groups in total. The number of fused-ring (bicyclic) bond motifs is 1. The molecule has 0 aliphatic carbocycles. The lowest BCUT2D eigenvalue weighted by molar-refractivity contribution is 0.800. The summed E-state index contributed by atoms with van der Waals surface area (Å²) in [6, 6.07) is 14.8. The standard InChI is InChI=1S/C16H18N6/c1-12-18-19-15-7-8-16(20-22(12)15)21-10-9-14(11-21)17-13-5-3-2-4-6-13/h2-8,14,17H,9-11H2,1H3. The van der Waals surface area contributed by atoms with Crippen LogP contribution in [0.15, 0.2) is 42.5 Å². The largest absolute Gasteiger partial charge is 0.380 e. The third-order valence-electron chi connectivity index (χ3n) is 4.06. The molecule has 1 saturated heterocycles. The van der Waals surface area contributed by atoms with E-state index in [1.54, 1.807) is 4.52 Å². The molecule has 1 aliphatic heterocycles. The van der Waals surface area contributed by atoms with Crippen LogP contribution in [-0.4, -0.2) is 38.9 Å². The van der Waals surface area contributed by atoms with Crippen LogP contribution < -0.4 is 10.2 Å². The molecule has 4 rings (SSSR count). The fourth-order valence-electron chi connectivity index (χ4n) is 2.91. The summed E-state index contributed by atoms with van der Waals surface area (Å²) in [4.78, 5) is 2.31. The average Bonchev–Trinajstić information content (AvgIpc) is 3.16. The molecule has 3 aromatic rings. The highest BCUT2D eigenvalue weighted by atomic mass is 15.4. The Morgan fingerprint density at radius 2 is 1.95 bits per heavy atom. The fourth-order valence-corrected chi connectivity index (χ4v) is 2.91. The van der Waals surface area contributed by atoms with E-state index in [0.717, 1.165) is 36.8 Å². The van der Waals surface area contributed by atoms with Gasteiger partial charge < -0.3 is 10.2 Å². The Bertz CT molecular complexity index is 782. The number of nitrogens with one attached hydrogen (secondary N) is 1. The molecule has 6 nitrogen and oxygen atoms in total. The highest BCUT2D eigenvalue weighted by Crippen LogP contribution is 2.21. The van der Waals surface area contributed by atoms with Crippen molar-refractivity contribution < 1.29 is 0 Å². The average molecular weight is 294 g/mol. The summed E-state index contributed by atoms with van der Waals surface area (Å²) in [7, 11) is 0. The van der Waals surface area contributed by atoms with Crippen LogP contribution in [-0.2, 0) is 0 Å². The van der Waals surface area contributed by atoms with Crippen LogP contribution in [0.4, 0.5) is 11.5 Å². The van der Waals surface area contributed by atoms with Gasteiger partial charge in [0.1, 0.15) is 5.82 Å². The maximum atomic E-state index is 4.65. The lowest BCUT2D eigenvalue weighted by atomic mass is 10.2. The Morgan fingerprint density at radius 1 is 1.09 bits per heavy atom. The molecule has 0 radical (unpaired) electrons. The number of aromatic nitrogens is 4. The van der Waals surface area contributed by atoms with Gasteiger partial charge in [-0.25, -0.2) is 0 Å². The Morgan fingerprint density at radius 3 is 2.82 bits per heavy atom. The molecule has 6 heteroatoms. The predicted molar refractivity (Wildman–Crippen MR) is 86.2 cm³/mol. The van der Waals surface area contributed by atoms with Gasteiger partial charge in [-0.2, -0.15) is 4.52 Å². The zero-order chi connectivity index (χ0) is 14.9. The first-order valence-corrected chi connectivity index (χ1v) is 7.55. The lowest BCUT2D eigenvalue weighted by Crippen LogP contribution is -2.27. The van der Waals surface area contributed by atoms with Crippen LogP contribution in [0, 0.1) is 6.92 Å². The number of hydrogen-bond donors (Lipinski definition) is 1. The Hall–Kier alpha value is -2.63. The van der Waals surface area contributed by atoms with E-state index < -0.39 is 0 Å². The molecule has 1 unspecified atom stereocenters. The smallest absolute Gasteiger partial charge is 0.178 e. The van der Waals surface area contributed by atoms with Crippen LogP contribution in [0.2, 0.25) is 0 Å². The third kappa shape index (κ3) is 2.36. The van der Waals surface area contributed by atoms with E-state index in [2.05, 4.69) is 49.8 Å². The number of para-hydroxylation sites is 1. The normalized spacial score (nSPS) is 18.0. The maximum absolute atomic E-state index is 4.65. The van der Waals surface area contributed by atoms with E-state index in [9.17, 15) is 0 Å². The second kappa shape index (κ2) is 5.29. The molecule has 1 atom stereocenters. The summed E-state index contributed by atoms with van der Waals surface area (Å²) in [5.41, 5.74) is 1.96. The van der Waals surface area contributed by atoms with E-state index in [1.165, 1.54) is 5.69 Å². The van der Waals surface area contributed by atoms with Crippen molar-refractivity contribution in [3.63, 3.8) is 0 Å². The number of nitrogens with zero attached hydrogens (tertiary/aromatic N) is 5. The van der Waals surface area contributed by atoms with Crippen molar-refractivity contribution in [2.24, 2.45) is 0 Å². The zero-order valence-electron chi connectivity index (χ0n) is 12.5. The molecule has 1 aliphatic rings. The van der Waals surface area contributed by atoms with Crippen molar-refractivity contribution in [1.29, 1.82) is 0 Å². The number of benzene rings is 1. The number of hydrogen-bond acceptors (Lipinski definition) is 5. The first kappa shape index (κ1) is 13.1.